The summed E-state index contributed by atoms with van der Waals surface area (Å²) >= 11 is 0. The molecule has 0 aliphatic carbocycles. The fourth-order valence-electron chi connectivity index (χ4n) is 3.56. The highest BCUT2D eigenvalue weighted by molar-refractivity contribution is 7.86. The first kappa shape index (κ1) is 24.3. The van der Waals surface area contributed by atoms with Crippen molar-refractivity contribution in [3.63, 3.8) is 0 Å². The number of carbonyl (C=O) groups excluding carboxylic acids is 2. The average molecular weight is 439 g/mol. The van der Waals surface area contributed by atoms with Gasteiger partial charge in [0.15, 0.2) is 0 Å². The van der Waals surface area contributed by atoms with Crippen molar-refractivity contribution in [2.24, 2.45) is 5.92 Å². The molecule has 1 aliphatic heterocycles. The van der Waals surface area contributed by atoms with Gasteiger partial charge >= 0.3 is 0 Å². The molecule has 1 aromatic rings. The minimum Gasteiger partial charge on any atom is -0.341 e. The van der Waals surface area contributed by atoms with Crippen LogP contribution in [0.25, 0.3) is 0 Å². The lowest BCUT2D eigenvalue weighted by Gasteiger charge is -2.37. The Balaban J connectivity index is 2.11. The minimum atomic E-state index is -3.52. The molecule has 1 aromatic carbocycles. The van der Waals surface area contributed by atoms with Crippen molar-refractivity contribution >= 4 is 22.0 Å². The van der Waals surface area contributed by atoms with Gasteiger partial charge in [-0.1, -0.05) is 58.0 Å². The summed E-state index contributed by atoms with van der Waals surface area (Å²) in [5, 5.41) is 2.87. The van der Waals surface area contributed by atoms with E-state index in [1.54, 1.807) is 4.90 Å². The molecule has 0 aromatic heterocycles. The van der Waals surface area contributed by atoms with Crippen LogP contribution in [0.5, 0.6) is 0 Å². The number of carbonyl (C=O) groups is 2. The van der Waals surface area contributed by atoms with Crippen LogP contribution in [0.3, 0.4) is 0 Å². The van der Waals surface area contributed by atoms with Gasteiger partial charge in [0.2, 0.25) is 11.8 Å². The molecule has 1 fully saturated rings. The molecule has 8 nitrogen and oxygen atoms in total. The molecule has 1 unspecified atom stereocenters. The third-order valence-corrected chi connectivity index (χ3v) is 7.37. The third-order valence-electron chi connectivity index (χ3n) is 5.19. The molecule has 1 N–H and O–H groups in total. The Morgan fingerprint density at radius 1 is 1.03 bits per heavy atom. The van der Waals surface area contributed by atoms with Crippen LogP contribution in [0.15, 0.2) is 30.3 Å². The monoisotopic (exact) mass is 438 g/mol. The van der Waals surface area contributed by atoms with Crippen molar-refractivity contribution in [1.82, 2.24) is 18.8 Å². The summed E-state index contributed by atoms with van der Waals surface area (Å²) in [5.74, 6) is -0.196. The van der Waals surface area contributed by atoms with Gasteiger partial charge < -0.3 is 10.2 Å². The van der Waals surface area contributed by atoms with Gasteiger partial charge in [-0.3, -0.25) is 9.59 Å². The summed E-state index contributed by atoms with van der Waals surface area (Å²) in [6, 6.07) is 8.39. The van der Waals surface area contributed by atoms with Gasteiger partial charge in [0.1, 0.15) is 6.04 Å². The number of piperazine rings is 1. The lowest BCUT2D eigenvalue weighted by molar-refractivity contribution is -0.137. The topological polar surface area (TPSA) is 90.0 Å². The molecular weight excluding hydrogens is 404 g/mol. The van der Waals surface area contributed by atoms with E-state index in [0.29, 0.717) is 32.6 Å². The third kappa shape index (κ3) is 6.02. The molecule has 1 atom stereocenters. The lowest BCUT2D eigenvalue weighted by Crippen LogP contribution is -2.55. The molecule has 0 radical (unpaired) electrons. The van der Waals surface area contributed by atoms with Gasteiger partial charge in [-0.15, -0.1) is 0 Å². The molecule has 0 bridgehead atoms. The van der Waals surface area contributed by atoms with Gasteiger partial charge in [-0.05, 0) is 11.5 Å². The van der Waals surface area contributed by atoms with Crippen LogP contribution >= 0.6 is 0 Å². The quantitative estimate of drug-likeness (QED) is 0.634. The van der Waals surface area contributed by atoms with E-state index in [1.165, 1.54) is 8.61 Å². The molecule has 9 heteroatoms. The van der Waals surface area contributed by atoms with E-state index in [1.807, 2.05) is 58.0 Å². The van der Waals surface area contributed by atoms with Crippen LogP contribution in [-0.2, 0) is 19.8 Å². The van der Waals surface area contributed by atoms with Crippen LogP contribution in [0.4, 0.5) is 0 Å². The minimum absolute atomic E-state index is 0.171. The Morgan fingerprint density at radius 2 is 1.60 bits per heavy atom. The summed E-state index contributed by atoms with van der Waals surface area (Å²) in [4.78, 5) is 27.3. The Bertz CT molecular complexity index is 802. The maximum atomic E-state index is 13.3. The number of benzene rings is 1. The smallest absolute Gasteiger partial charge is 0.282 e. The van der Waals surface area contributed by atoms with Gasteiger partial charge in [-0.2, -0.15) is 17.0 Å². The van der Waals surface area contributed by atoms with Crippen molar-refractivity contribution in [3.8, 4) is 0 Å². The van der Waals surface area contributed by atoms with Crippen molar-refractivity contribution in [2.45, 2.75) is 40.2 Å². The standard InChI is InChI=1S/C21H34N4O4S/c1-5-24(6-2)30(28,29)25-14-12-23(13-15-25)21(27)20(18-10-8-7-9-11-18)22-19(26)16-17(3)4/h7-11,17,20H,5-6,12-16H2,1-4H3,(H,22,26). The Kier molecular flexibility index (Phi) is 8.81. The van der Waals surface area contributed by atoms with E-state index < -0.39 is 16.3 Å². The van der Waals surface area contributed by atoms with E-state index in [2.05, 4.69) is 5.32 Å². The highest BCUT2D eigenvalue weighted by Crippen LogP contribution is 2.19. The molecule has 2 amide bonds. The van der Waals surface area contributed by atoms with Crippen molar-refractivity contribution < 1.29 is 18.0 Å². The van der Waals surface area contributed by atoms with Crippen LogP contribution in [0, 0.1) is 5.92 Å². The second-order valence-corrected chi connectivity index (χ2v) is 9.75. The maximum Gasteiger partial charge on any atom is 0.282 e. The Morgan fingerprint density at radius 3 is 2.10 bits per heavy atom. The fourth-order valence-corrected chi connectivity index (χ4v) is 5.16. The predicted octanol–water partition coefficient (Wildman–Crippen LogP) is 1.62. The van der Waals surface area contributed by atoms with Gasteiger partial charge in [0, 0.05) is 45.7 Å². The molecule has 1 heterocycles. The van der Waals surface area contributed by atoms with Crippen LogP contribution in [0.2, 0.25) is 0 Å². The zero-order chi connectivity index (χ0) is 22.3. The zero-order valence-electron chi connectivity index (χ0n) is 18.4. The maximum absolute atomic E-state index is 13.3. The number of rotatable bonds is 9. The summed E-state index contributed by atoms with van der Waals surface area (Å²) in [5.41, 5.74) is 0.720. The van der Waals surface area contributed by atoms with Crippen LogP contribution in [0.1, 0.15) is 45.7 Å². The van der Waals surface area contributed by atoms with E-state index in [9.17, 15) is 18.0 Å². The van der Waals surface area contributed by atoms with Crippen LogP contribution in [-0.4, -0.2) is 73.0 Å². The van der Waals surface area contributed by atoms with E-state index >= 15 is 0 Å². The lowest BCUT2D eigenvalue weighted by atomic mass is 10.0. The molecule has 0 spiro atoms. The number of amides is 2. The molecule has 2 rings (SSSR count). The van der Waals surface area contributed by atoms with Crippen molar-refractivity contribution in [2.75, 3.05) is 39.3 Å². The summed E-state index contributed by atoms with van der Waals surface area (Å²) in [6.45, 7) is 9.43. The van der Waals surface area contributed by atoms with Crippen LogP contribution < -0.4 is 5.32 Å². The second-order valence-electron chi connectivity index (χ2n) is 7.83. The molecule has 168 valence electrons. The first-order valence-corrected chi connectivity index (χ1v) is 12.0. The van der Waals surface area contributed by atoms with E-state index in [4.69, 9.17) is 0 Å². The Hall–Kier alpha value is -1.97. The number of hydrogen-bond acceptors (Lipinski definition) is 4. The highest BCUT2D eigenvalue weighted by Gasteiger charge is 2.34. The van der Waals surface area contributed by atoms with Crippen molar-refractivity contribution in [3.05, 3.63) is 35.9 Å². The molecule has 1 aliphatic rings. The van der Waals surface area contributed by atoms with E-state index in [-0.39, 0.29) is 30.8 Å². The predicted molar refractivity (Wildman–Crippen MR) is 117 cm³/mol. The molecule has 1 saturated heterocycles. The highest BCUT2D eigenvalue weighted by atomic mass is 32.2. The normalized spacial score (nSPS) is 16.7. The zero-order valence-corrected chi connectivity index (χ0v) is 19.2. The first-order chi connectivity index (χ1) is 14.2. The number of nitrogens with one attached hydrogen (secondary N) is 1. The molecular formula is C21H34N4O4S. The summed E-state index contributed by atoms with van der Waals surface area (Å²) in [6.07, 6.45) is 0.340. The first-order valence-electron chi connectivity index (χ1n) is 10.6. The number of hydrogen-bond donors (Lipinski definition) is 1. The van der Waals surface area contributed by atoms with Gasteiger partial charge in [0.25, 0.3) is 10.2 Å². The summed E-state index contributed by atoms with van der Waals surface area (Å²) in [7, 11) is -3.52. The van der Waals surface area contributed by atoms with Crippen molar-refractivity contribution in [1.29, 1.82) is 0 Å². The summed E-state index contributed by atoms with van der Waals surface area (Å²) < 4.78 is 28.3. The Labute approximate surface area is 180 Å². The number of nitrogens with zero attached hydrogens (tertiary/aromatic N) is 3. The molecule has 30 heavy (non-hydrogen) atoms. The largest absolute Gasteiger partial charge is 0.341 e. The van der Waals surface area contributed by atoms with Gasteiger partial charge in [-0.25, -0.2) is 0 Å². The van der Waals surface area contributed by atoms with E-state index in [0.717, 1.165) is 5.56 Å². The SMILES string of the molecule is CCN(CC)S(=O)(=O)N1CCN(C(=O)C(NC(=O)CC(C)C)c2ccccc2)CC1. The van der Waals surface area contributed by atoms with Gasteiger partial charge in [0.05, 0.1) is 0 Å². The average Bonchev–Trinajstić information content (AvgIpc) is 2.72. The second kappa shape index (κ2) is 10.9. The fraction of sp³-hybridized carbons (Fsp3) is 0.619. The molecule has 0 saturated carbocycles.